The van der Waals surface area contributed by atoms with E-state index in [1.54, 1.807) is 61.0 Å². The lowest BCUT2D eigenvalue weighted by atomic mass is 10.1. The topological polar surface area (TPSA) is 87.3 Å². The van der Waals surface area contributed by atoms with Crippen LogP contribution in [0.25, 0.3) is 0 Å². The monoisotopic (exact) mass is 383 g/mol. The molecule has 2 aromatic carbocycles. The highest BCUT2D eigenvalue weighted by Gasteiger charge is 2.21. The van der Waals surface area contributed by atoms with Crippen molar-refractivity contribution in [3.8, 4) is 0 Å². The van der Waals surface area contributed by atoms with E-state index in [4.69, 9.17) is 4.74 Å². The number of rotatable bonds is 6. The summed E-state index contributed by atoms with van der Waals surface area (Å²) >= 11 is 0. The van der Waals surface area contributed by atoms with Crippen molar-refractivity contribution in [3.05, 3.63) is 92.5 Å². The van der Waals surface area contributed by atoms with Gasteiger partial charge in [-0.3, -0.25) is 14.8 Å². The molecule has 0 fully saturated rings. The van der Waals surface area contributed by atoms with Crippen molar-refractivity contribution >= 4 is 11.7 Å². The van der Waals surface area contributed by atoms with Gasteiger partial charge in [-0.15, -0.1) is 0 Å². The number of aromatic nitrogens is 2. The smallest absolute Gasteiger partial charge is 0.338 e. The minimum absolute atomic E-state index is 0.00772. The van der Waals surface area contributed by atoms with E-state index in [2.05, 4.69) is 5.10 Å². The SMILES string of the molecule is Cc1nn(Cc2ccc(C(=O)OCc3ccccc3F)cc2)c(C)c1[N+](=O)[O-]. The highest BCUT2D eigenvalue weighted by Crippen LogP contribution is 2.22. The first-order valence-corrected chi connectivity index (χ1v) is 8.54. The number of aryl methyl sites for hydroxylation is 1. The molecule has 0 aliphatic heterocycles. The number of ether oxygens (including phenoxy) is 1. The van der Waals surface area contributed by atoms with E-state index in [1.165, 1.54) is 6.07 Å². The second kappa shape index (κ2) is 7.99. The average Bonchev–Trinajstić information content (AvgIpc) is 2.94. The molecule has 0 atom stereocenters. The molecule has 28 heavy (non-hydrogen) atoms. The Labute approximate surface area is 160 Å². The van der Waals surface area contributed by atoms with Crippen molar-refractivity contribution < 1.29 is 18.8 Å². The highest BCUT2D eigenvalue weighted by molar-refractivity contribution is 5.89. The quantitative estimate of drug-likeness (QED) is 0.365. The first-order valence-electron chi connectivity index (χ1n) is 8.54. The third-order valence-corrected chi connectivity index (χ3v) is 4.36. The standard InChI is InChI=1S/C20H18FN3O4/c1-13-19(24(26)27)14(2)23(22-13)11-15-7-9-16(10-8-15)20(25)28-12-17-5-3-4-6-18(17)21/h3-10H,11-12H2,1-2H3. The number of nitro groups is 1. The van der Waals surface area contributed by atoms with Gasteiger partial charge in [0, 0.05) is 5.56 Å². The van der Waals surface area contributed by atoms with E-state index in [0.717, 1.165) is 5.56 Å². The highest BCUT2D eigenvalue weighted by atomic mass is 19.1. The summed E-state index contributed by atoms with van der Waals surface area (Å²) in [7, 11) is 0. The number of halogens is 1. The molecule has 0 aliphatic rings. The maximum Gasteiger partial charge on any atom is 0.338 e. The van der Waals surface area contributed by atoms with Crippen molar-refractivity contribution in [2.24, 2.45) is 0 Å². The molecular weight excluding hydrogens is 365 g/mol. The number of hydrogen-bond acceptors (Lipinski definition) is 5. The van der Waals surface area contributed by atoms with Crippen molar-refractivity contribution in [1.29, 1.82) is 0 Å². The molecule has 1 heterocycles. The van der Waals surface area contributed by atoms with Crippen LogP contribution in [0.1, 0.15) is 32.9 Å². The van der Waals surface area contributed by atoms with E-state index in [1.807, 2.05) is 0 Å². The zero-order chi connectivity index (χ0) is 20.3. The fourth-order valence-electron chi connectivity index (χ4n) is 2.87. The molecule has 0 aliphatic carbocycles. The van der Waals surface area contributed by atoms with Crippen LogP contribution < -0.4 is 0 Å². The summed E-state index contributed by atoms with van der Waals surface area (Å²) in [5, 5.41) is 15.3. The zero-order valence-electron chi connectivity index (χ0n) is 15.4. The summed E-state index contributed by atoms with van der Waals surface area (Å²) in [6.45, 7) is 3.43. The van der Waals surface area contributed by atoms with Crippen LogP contribution in [0.2, 0.25) is 0 Å². The van der Waals surface area contributed by atoms with Crippen LogP contribution in [0.15, 0.2) is 48.5 Å². The van der Waals surface area contributed by atoms with Crippen molar-refractivity contribution in [1.82, 2.24) is 9.78 Å². The van der Waals surface area contributed by atoms with E-state index in [9.17, 15) is 19.3 Å². The van der Waals surface area contributed by atoms with E-state index in [0.29, 0.717) is 29.1 Å². The minimum Gasteiger partial charge on any atom is -0.457 e. The molecule has 0 amide bonds. The molecule has 8 heteroatoms. The third kappa shape index (κ3) is 4.06. The first-order chi connectivity index (χ1) is 13.4. The van der Waals surface area contributed by atoms with E-state index >= 15 is 0 Å². The summed E-state index contributed by atoms with van der Waals surface area (Å²) in [6, 6.07) is 12.7. The fourth-order valence-corrected chi connectivity index (χ4v) is 2.87. The molecule has 0 radical (unpaired) electrons. The van der Waals surface area contributed by atoms with Gasteiger partial charge in [0.25, 0.3) is 0 Å². The van der Waals surface area contributed by atoms with Gasteiger partial charge in [-0.1, -0.05) is 30.3 Å². The molecular formula is C20H18FN3O4. The Hall–Kier alpha value is -3.55. The summed E-state index contributed by atoms with van der Waals surface area (Å²) in [5.74, 6) is -0.985. The predicted octanol–water partition coefficient (Wildman–Crippen LogP) is 3.95. The number of esters is 1. The Bertz CT molecular complexity index is 1030. The van der Waals surface area contributed by atoms with Crippen LogP contribution in [0.4, 0.5) is 10.1 Å². The number of hydrogen-bond donors (Lipinski definition) is 0. The second-order valence-electron chi connectivity index (χ2n) is 6.30. The lowest BCUT2D eigenvalue weighted by molar-refractivity contribution is -0.386. The molecule has 0 spiro atoms. The zero-order valence-corrected chi connectivity index (χ0v) is 15.4. The van der Waals surface area contributed by atoms with E-state index < -0.39 is 16.7 Å². The maximum atomic E-state index is 13.6. The summed E-state index contributed by atoms with van der Waals surface area (Å²) in [5.41, 5.74) is 2.30. The van der Waals surface area contributed by atoms with Crippen LogP contribution in [0.5, 0.6) is 0 Å². The van der Waals surface area contributed by atoms with Gasteiger partial charge in [0.1, 0.15) is 23.8 Å². The van der Waals surface area contributed by atoms with Gasteiger partial charge in [0.2, 0.25) is 0 Å². The Balaban J connectivity index is 1.67. The van der Waals surface area contributed by atoms with Gasteiger partial charge in [-0.05, 0) is 37.6 Å². The summed E-state index contributed by atoms with van der Waals surface area (Å²) in [4.78, 5) is 22.8. The largest absolute Gasteiger partial charge is 0.457 e. The lowest BCUT2D eigenvalue weighted by Gasteiger charge is -2.07. The van der Waals surface area contributed by atoms with Crippen molar-refractivity contribution in [3.63, 3.8) is 0 Å². The normalized spacial score (nSPS) is 10.7. The van der Waals surface area contributed by atoms with Crippen LogP contribution in [-0.2, 0) is 17.9 Å². The van der Waals surface area contributed by atoms with Crippen molar-refractivity contribution in [2.45, 2.75) is 27.0 Å². The predicted molar refractivity (Wildman–Crippen MR) is 99.4 cm³/mol. The van der Waals surface area contributed by atoms with Gasteiger partial charge in [0.15, 0.2) is 0 Å². The van der Waals surface area contributed by atoms with Gasteiger partial charge in [-0.25, -0.2) is 9.18 Å². The molecule has 3 aromatic rings. The molecule has 7 nitrogen and oxygen atoms in total. The molecule has 144 valence electrons. The Morgan fingerprint density at radius 2 is 1.86 bits per heavy atom. The molecule has 0 unspecified atom stereocenters. The number of benzene rings is 2. The van der Waals surface area contributed by atoms with Crippen LogP contribution in [0, 0.1) is 29.8 Å². The molecule has 0 saturated carbocycles. The number of carbonyl (C=O) groups excluding carboxylic acids is 1. The third-order valence-electron chi connectivity index (χ3n) is 4.36. The second-order valence-corrected chi connectivity index (χ2v) is 6.30. The van der Waals surface area contributed by atoms with Gasteiger partial charge >= 0.3 is 11.7 Å². The molecule has 0 saturated heterocycles. The van der Waals surface area contributed by atoms with Crippen molar-refractivity contribution in [2.75, 3.05) is 0 Å². The average molecular weight is 383 g/mol. The van der Waals surface area contributed by atoms with Crippen LogP contribution >= 0.6 is 0 Å². The van der Waals surface area contributed by atoms with Gasteiger partial charge in [-0.2, -0.15) is 5.10 Å². The molecule has 0 bridgehead atoms. The minimum atomic E-state index is -0.559. The number of carbonyl (C=O) groups is 1. The fraction of sp³-hybridized carbons (Fsp3) is 0.200. The Morgan fingerprint density at radius 3 is 2.46 bits per heavy atom. The van der Waals surface area contributed by atoms with Crippen LogP contribution in [-0.4, -0.2) is 20.7 Å². The summed E-state index contributed by atoms with van der Waals surface area (Å²) < 4.78 is 20.3. The van der Waals surface area contributed by atoms with Crippen LogP contribution in [0.3, 0.4) is 0 Å². The summed E-state index contributed by atoms with van der Waals surface area (Å²) in [6.07, 6.45) is 0. The molecule has 1 aromatic heterocycles. The maximum absolute atomic E-state index is 13.6. The van der Waals surface area contributed by atoms with E-state index in [-0.39, 0.29) is 12.3 Å². The van der Waals surface area contributed by atoms with Gasteiger partial charge in [0.05, 0.1) is 17.0 Å². The molecule has 0 N–H and O–H groups in total. The first kappa shape index (κ1) is 19.2. The molecule has 3 rings (SSSR count). The Kier molecular flexibility index (Phi) is 5.49. The lowest BCUT2D eigenvalue weighted by Crippen LogP contribution is -2.07. The van der Waals surface area contributed by atoms with Gasteiger partial charge < -0.3 is 4.74 Å². The number of nitrogens with zero attached hydrogens (tertiary/aromatic N) is 3. The Morgan fingerprint density at radius 1 is 1.18 bits per heavy atom.